The predicted octanol–water partition coefficient (Wildman–Crippen LogP) is 5.29. The van der Waals surface area contributed by atoms with Gasteiger partial charge in [0.15, 0.2) is 6.07 Å². The van der Waals surface area contributed by atoms with Crippen molar-refractivity contribution in [1.29, 1.82) is 0 Å². The molecule has 0 radical (unpaired) electrons. The van der Waals surface area contributed by atoms with E-state index in [-0.39, 0.29) is 6.07 Å². The Morgan fingerprint density at radius 3 is 1.89 bits per heavy atom. The molecule has 19 heavy (non-hydrogen) atoms. The van der Waals surface area contributed by atoms with Crippen molar-refractivity contribution < 1.29 is 4.74 Å². The van der Waals surface area contributed by atoms with E-state index in [0.29, 0.717) is 11.8 Å². The van der Waals surface area contributed by atoms with Crippen LogP contribution in [-0.2, 0) is 0 Å². The van der Waals surface area contributed by atoms with Gasteiger partial charge in [-0.1, -0.05) is 43.6 Å². The molecule has 2 aliphatic carbocycles. The van der Waals surface area contributed by atoms with Gasteiger partial charge in [-0.2, -0.15) is 0 Å². The Kier molecular flexibility index (Phi) is 3.75. The fourth-order valence-corrected chi connectivity index (χ4v) is 3.32. The van der Waals surface area contributed by atoms with Crippen LogP contribution in [0.3, 0.4) is 0 Å². The van der Waals surface area contributed by atoms with Gasteiger partial charge in [0.25, 0.3) is 0 Å². The van der Waals surface area contributed by atoms with Gasteiger partial charge in [-0.25, -0.2) is 0 Å². The highest BCUT2D eigenvalue weighted by atomic mass is 35.5. The smallest absolute Gasteiger partial charge is 0.162 e. The van der Waals surface area contributed by atoms with Gasteiger partial charge >= 0.3 is 0 Å². The van der Waals surface area contributed by atoms with E-state index >= 15 is 0 Å². The molecule has 2 heteroatoms. The molecule has 1 aromatic rings. The first-order chi connectivity index (χ1) is 9.22. The third-order valence-electron chi connectivity index (χ3n) is 4.91. The summed E-state index contributed by atoms with van der Waals surface area (Å²) in [5.41, 5.74) is 2.74. The van der Waals surface area contributed by atoms with Crippen molar-refractivity contribution >= 4 is 11.6 Å². The number of rotatable bonds is 6. The van der Waals surface area contributed by atoms with Crippen LogP contribution in [0.25, 0.3) is 0 Å². The van der Waals surface area contributed by atoms with Gasteiger partial charge in [-0.3, -0.25) is 0 Å². The number of halogens is 1. The summed E-state index contributed by atoms with van der Waals surface area (Å²) < 4.78 is 5.83. The molecule has 2 fully saturated rings. The third kappa shape index (κ3) is 2.76. The second-order valence-electron chi connectivity index (χ2n) is 6.27. The zero-order valence-electron chi connectivity index (χ0n) is 11.9. The van der Waals surface area contributed by atoms with Crippen molar-refractivity contribution in [2.75, 3.05) is 6.07 Å². The Bertz CT molecular complexity index is 412. The molecular formula is C17H23ClO. The van der Waals surface area contributed by atoms with Crippen molar-refractivity contribution in [2.45, 2.75) is 51.4 Å². The minimum atomic E-state index is 0.249. The van der Waals surface area contributed by atoms with E-state index in [1.54, 1.807) is 0 Å². The maximum absolute atomic E-state index is 5.86. The summed E-state index contributed by atoms with van der Waals surface area (Å²) in [6.07, 6.45) is 5.46. The molecule has 0 amide bonds. The maximum atomic E-state index is 5.86. The van der Waals surface area contributed by atoms with Crippen molar-refractivity contribution in [3.05, 3.63) is 29.3 Å². The first-order valence-corrected chi connectivity index (χ1v) is 8.07. The van der Waals surface area contributed by atoms with Crippen LogP contribution in [0, 0.1) is 11.8 Å². The summed E-state index contributed by atoms with van der Waals surface area (Å²) in [6, 6.07) is 6.91. The second kappa shape index (κ2) is 5.36. The number of hydrogen-bond donors (Lipinski definition) is 0. The van der Waals surface area contributed by atoms with E-state index in [1.165, 1.54) is 36.8 Å². The van der Waals surface area contributed by atoms with Crippen LogP contribution in [0.4, 0.5) is 0 Å². The van der Waals surface area contributed by atoms with Crippen LogP contribution >= 0.6 is 11.6 Å². The summed E-state index contributed by atoms with van der Waals surface area (Å²) in [5.74, 6) is 3.98. The van der Waals surface area contributed by atoms with Gasteiger partial charge in [-0.15, -0.1) is 0 Å². The topological polar surface area (TPSA) is 9.23 Å². The fourth-order valence-electron chi connectivity index (χ4n) is 3.21. The number of alkyl halides is 1. The summed E-state index contributed by atoms with van der Waals surface area (Å²) in [6.45, 7) is 4.67. The van der Waals surface area contributed by atoms with Crippen LogP contribution in [-0.4, -0.2) is 6.07 Å². The van der Waals surface area contributed by atoms with E-state index in [4.69, 9.17) is 16.3 Å². The van der Waals surface area contributed by atoms with Crippen LogP contribution < -0.4 is 4.74 Å². The minimum absolute atomic E-state index is 0.249. The summed E-state index contributed by atoms with van der Waals surface area (Å²) in [5, 5.41) is 0. The Labute approximate surface area is 121 Å². The SMILES string of the molecule is C[C@H](c1cccc([C@@H](C)C2CC2)c1OCCl)C1CC1. The van der Waals surface area contributed by atoms with Crippen LogP contribution in [0.5, 0.6) is 5.75 Å². The van der Waals surface area contributed by atoms with Gasteiger partial charge in [0.1, 0.15) is 5.75 Å². The monoisotopic (exact) mass is 278 g/mol. The molecule has 0 bridgehead atoms. The Morgan fingerprint density at radius 2 is 1.53 bits per heavy atom. The molecule has 0 saturated heterocycles. The predicted molar refractivity (Wildman–Crippen MR) is 80.1 cm³/mol. The lowest BCUT2D eigenvalue weighted by atomic mass is 9.88. The van der Waals surface area contributed by atoms with Gasteiger partial charge in [0, 0.05) is 0 Å². The summed E-state index contributed by atoms with van der Waals surface area (Å²) in [7, 11) is 0. The molecule has 1 aromatic carbocycles. The quantitative estimate of drug-likeness (QED) is 0.643. The van der Waals surface area contributed by atoms with E-state index in [0.717, 1.165) is 17.6 Å². The third-order valence-corrected chi connectivity index (χ3v) is 5.02. The van der Waals surface area contributed by atoms with E-state index in [1.807, 2.05) is 0 Å². The lowest BCUT2D eigenvalue weighted by molar-refractivity contribution is 0.370. The molecule has 0 aromatic heterocycles. The number of hydrogen-bond acceptors (Lipinski definition) is 1. The van der Waals surface area contributed by atoms with Crippen molar-refractivity contribution in [2.24, 2.45) is 11.8 Å². The van der Waals surface area contributed by atoms with Crippen molar-refractivity contribution in [3.63, 3.8) is 0 Å². The molecule has 1 nitrogen and oxygen atoms in total. The van der Waals surface area contributed by atoms with Crippen LogP contribution in [0.2, 0.25) is 0 Å². The molecule has 104 valence electrons. The molecule has 3 rings (SSSR count). The highest BCUT2D eigenvalue weighted by Crippen LogP contribution is 2.49. The number of benzene rings is 1. The Morgan fingerprint density at radius 1 is 1.05 bits per heavy atom. The average molecular weight is 279 g/mol. The minimum Gasteiger partial charge on any atom is -0.477 e. The van der Waals surface area contributed by atoms with Crippen LogP contribution in [0.1, 0.15) is 62.5 Å². The van der Waals surface area contributed by atoms with E-state index in [9.17, 15) is 0 Å². The summed E-state index contributed by atoms with van der Waals surface area (Å²) in [4.78, 5) is 0. The standard InChI is InChI=1S/C17H23ClO/c1-11(13-6-7-13)15-4-3-5-16(17(15)19-10-18)12(2)14-8-9-14/h3-5,11-14H,6-10H2,1-2H3/t11-,12-/m0/s1. The molecule has 0 aliphatic heterocycles. The average Bonchev–Trinajstić information content (AvgIpc) is 3.31. The first kappa shape index (κ1) is 13.3. The highest BCUT2D eigenvalue weighted by Gasteiger charge is 2.34. The van der Waals surface area contributed by atoms with Crippen molar-refractivity contribution in [1.82, 2.24) is 0 Å². The lowest BCUT2D eigenvalue weighted by Crippen LogP contribution is -2.07. The van der Waals surface area contributed by atoms with Gasteiger partial charge < -0.3 is 4.74 Å². The Hall–Kier alpha value is -0.690. The molecule has 0 unspecified atom stereocenters. The van der Waals surface area contributed by atoms with E-state index < -0.39 is 0 Å². The molecule has 0 spiro atoms. The van der Waals surface area contributed by atoms with Gasteiger partial charge in [-0.05, 0) is 60.5 Å². The Balaban J connectivity index is 1.95. The largest absolute Gasteiger partial charge is 0.477 e. The molecule has 2 atom stereocenters. The van der Waals surface area contributed by atoms with Gasteiger partial charge in [0.2, 0.25) is 0 Å². The fraction of sp³-hybridized carbons (Fsp3) is 0.647. The van der Waals surface area contributed by atoms with Crippen molar-refractivity contribution in [3.8, 4) is 5.75 Å². The van der Waals surface area contributed by atoms with Crippen LogP contribution in [0.15, 0.2) is 18.2 Å². The van der Waals surface area contributed by atoms with E-state index in [2.05, 4.69) is 32.0 Å². The number of para-hydroxylation sites is 1. The molecule has 2 saturated carbocycles. The molecule has 0 heterocycles. The maximum Gasteiger partial charge on any atom is 0.162 e. The zero-order chi connectivity index (χ0) is 13.4. The molecular weight excluding hydrogens is 256 g/mol. The van der Waals surface area contributed by atoms with Gasteiger partial charge in [0.05, 0.1) is 0 Å². The first-order valence-electron chi connectivity index (χ1n) is 7.54. The second-order valence-corrected chi connectivity index (χ2v) is 6.49. The zero-order valence-corrected chi connectivity index (χ0v) is 12.6. The summed E-state index contributed by atoms with van der Waals surface area (Å²) >= 11 is 5.86. The highest BCUT2D eigenvalue weighted by molar-refractivity contribution is 6.17. The lowest BCUT2D eigenvalue weighted by Gasteiger charge is -2.22. The normalized spacial score (nSPS) is 22.1. The molecule has 2 aliphatic rings. The number of ether oxygens (including phenoxy) is 1. The molecule has 0 N–H and O–H groups in total.